The molecule has 3 rings (SSSR count). The molecule has 1 amide bonds. The van der Waals surface area contributed by atoms with Crippen LogP contribution in [-0.4, -0.2) is 30.7 Å². The van der Waals surface area contributed by atoms with Gasteiger partial charge in [-0.3, -0.25) is 4.79 Å². The maximum Gasteiger partial charge on any atom is 0.256 e. The highest BCUT2D eigenvalue weighted by Gasteiger charge is 2.28. The largest absolute Gasteiger partial charge is 0.454 e. The molecule has 0 saturated heterocycles. The van der Waals surface area contributed by atoms with Crippen molar-refractivity contribution in [2.24, 2.45) is 0 Å². The van der Waals surface area contributed by atoms with Crippen LogP contribution in [0.4, 0.5) is 5.69 Å². The average Bonchev–Trinajstić information content (AvgIpc) is 2.71. The quantitative estimate of drug-likeness (QED) is 0.808. The highest BCUT2D eigenvalue weighted by Crippen LogP contribution is 2.37. The minimum atomic E-state index is -0.0458. The number of nitrogen functional groups attached to an aromatic ring is 1. The number of benzene rings is 1. The van der Waals surface area contributed by atoms with Crippen LogP contribution in [0.3, 0.4) is 0 Å². The summed E-state index contributed by atoms with van der Waals surface area (Å²) in [6, 6.07) is 3.68. The summed E-state index contributed by atoms with van der Waals surface area (Å²) in [5.74, 6) is 1.15. The Hall–Kier alpha value is -1.91. The van der Waals surface area contributed by atoms with Crippen molar-refractivity contribution in [3.63, 3.8) is 0 Å². The number of nitrogens with zero attached hydrogens (tertiary/aromatic N) is 1. The van der Waals surface area contributed by atoms with E-state index in [2.05, 4.69) is 0 Å². The Kier molecular flexibility index (Phi) is 2.54. The second-order valence-corrected chi connectivity index (χ2v) is 4.79. The van der Waals surface area contributed by atoms with Crippen molar-refractivity contribution >= 4 is 11.6 Å². The van der Waals surface area contributed by atoms with Crippen LogP contribution in [0.25, 0.3) is 0 Å². The summed E-state index contributed by atoms with van der Waals surface area (Å²) in [5, 5.41) is 0. The summed E-state index contributed by atoms with van der Waals surface area (Å²) >= 11 is 0. The van der Waals surface area contributed by atoms with Gasteiger partial charge in [-0.15, -0.1) is 0 Å². The summed E-state index contributed by atoms with van der Waals surface area (Å²) in [6.45, 7) is 0.185. The molecule has 1 aromatic rings. The highest BCUT2D eigenvalue weighted by atomic mass is 16.7. The third-order valence-electron chi connectivity index (χ3n) is 3.72. The molecule has 0 spiro atoms. The second kappa shape index (κ2) is 4.08. The standard InChI is InChI=1S/C13H16N2O3/c1-15(8-3-2-4-8)13(16)9-5-11-12(6-10(9)14)18-7-17-11/h5-6,8H,2-4,7,14H2,1H3. The number of hydrogen-bond donors (Lipinski definition) is 1. The first kappa shape index (κ1) is 11.2. The van der Waals surface area contributed by atoms with E-state index in [9.17, 15) is 4.79 Å². The number of nitrogens with two attached hydrogens (primary N) is 1. The van der Waals surface area contributed by atoms with Crippen LogP contribution >= 0.6 is 0 Å². The van der Waals surface area contributed by atoms with Crippen LogP contribution in [0.15, 0.2) is 12.1 Å². The van der Waals surface area contributed by atoms with Gasteiger partial charge in [0.25, 0.3) is 5.91 Å². The summed E-state index contributed by atoms with van der Waals surface area (Å²) < 4.78 is 10.5. The van der Waals surface area contributed by atoms with Gasteiger partial charge in [0.05, 0.1) is 5.56 Å². The molecule has 1 saturated carbocycles. The van der Waals surface area contributed by atoms with E-state index in [4.69, 9.17) is 15.2 Å². The fourth-order valence-corrected chi connectivity index (χ4v) is 2.27. The van der Waals surface area contributed by atoms with Crippen LogP contribution in [-0.2, 0) is 0 Å². The summed E-state index contributed by atoms with van der Waals surface area (Å²) in [4.78, 5) is 14.1. The number of rotatable bonds is 2. The fourth-order valence-electron chi connectivity index (χ4n) is 2.27. The molecule has 0 radical (unpaired) electrons. The Balaban J connectivity index is 1.89. The number of amides is 1. The molecule has 96 valence electrons. The smallest absolute Gasteiger partial charge is 0.256 e. The van der Waals surface area contributed by atoms with Crippen molar-refractivity contribution in [2.75, 3.05) is 19.6 Å². The van der Waals surface area contributed by atoms with E-state index in [-0.39, 0.29) is 12.7 Å². The predicted molar refractivity (Wildman–Crippen MR) is 66.7 cm³/mol. The molecule has 1 aliphatic heterocycles. The van der Waals surface area contributed by atoms with Gasteiger partial charge in [0.15, 0.2) is 11.5 Å². The number of fused-ring (bicyclic) bond motifs is 1. The van der Waals surface area contributed by atoms with E-state index in [1.807, 2.05) is 7.05 Å². The Labute approximate surface area is 105 Å². The van der Waals surface area contributed by atoms with Gasteiger partial charge in [-0.1, -0.05) is 0 Å². The first-order valence-electron chi connectivity index (χ1n) is 6.13. The molecule has 5 nitrogen and oxygen atoms in total. The van der Waals surface area contributed by atoms with E-state index in [0.717, 1.165) is 12.8 Å². The molecule has 0 atom stereocenters. The molecule has 2 N–H and O–H groups in total. The normalized spacial score (nSPS) is 17.4. The van der Waals surface area contributed by atoms with Crippen LogP contribution in [0.5, 0.6) is 11.5 Å². The summed E-state index contributed by atoms with van der Waals surface area (Å²) in [6.07, 6.45) is 3.35. The van der Waals surface area contributed by atoms with Gasteiger partial charge in [0.1, 0.15) is 0 Å². The minimum Gasteiger partial charge on any atom is -0.454 e. The molecular formula is C13H16N2O3. The van der Waals surface area contributed by atoms with Gasteiger partial charge in [-0.25, -0.2) is 0 Å². The molecule has 0 unspecified atom stereocenters. The Bertz CT molecular complexity index is 497. The average molecular weight is 248 g/mol. The van der Waals surface area contributed by atoms with E-state index < -0.39 is 0 Å². The number of anilines is 1. The molecule has 0 aromatic heterocycles. The van der Waals surface area contributed by atoms with Crippen LogP contribution in [0.2, 0.25) is 0 Å². The van der Waals surface area contributed by atoms with E-state index >= 15 is 0 Å². The zero-order chi connectivity index (χ0) is 12.7. The lowest BCUT2D eigenvalue weighted by Crippen LogP contribution is -2.41. The lowest BCUT2D eigenvalue weighted by Gasteiger charge is -2.35. The van der Waals surface area contributed by atoms with E-state index in [1.165, 1.54) is 6.42 Å². The molecule has 2 aliphatic rings. The highest BCUT2D eigenvalue weighted by molar-refractivity contribution is 6.00. The minimum absolute atomic E-state index is 0.0458. The van der Waals surface area contributed by atoms with Gasteiger partial charge >= 0.3 is 0 Å². The summed E-state index contributed by atoms with van der Waals surface area (Å²) in [7, 11) is 1.83. The second-order valence-electron chi connectivity index (χ2n) is 4.79. The maximum atomic E-state index is 12.3. The number of hydrogen-bond acceptors (Lipinski definition) is 4. The zero-order valence-corrected chi connectivity index (χ0v) is 10.3. The molecule has 1 aliphatic carbocycles. The Morgan fingerprint density at radius 2 is 2.00 bits per heavy atom. The predicted octanol–water partition coefficient (Wildman–Crippen LogP) is 1.62. The van der Waals surface area contributed by atoms with Crippen LogP contribution in [0.1, 0.15) is 29.6 Å². The lowest BCUT2D eigenvalue weighted by atomic mass is 9.91. The van der Waals surface area contributed by atoms with Gasteiger partial charge < -0.3 is 20.1 Å². The lowest BCUT2D eigenvalue weighted by molar-refractivity contribution is 0.0652. The van der Waals surface area contributed by atoms with Gasteiger partial charge in [-0.05, 0) is 25.3 Å². The summed E-state index contributed by atoms with van der Waals surface area (Å²) in [5.41, 5.74) is 6.84. The van der Waals surface area contributed by atoms with Crippen molar-refractivity contribution in [1.29, 1.82) is 0 Å². The monoisotopic (exact) mass is 248 g/mol. The SMILES string of the molecule is CN(C(=O)c1cc2c(cc1N)OCO2)C1CCC1. The molecule has 1 fully saturated rings. The maximum absolute atomic E-state index is 12.3. The fraction of sp³-hybridized carbons (Fsp3) is 0.462. The van der Waals surface area contributed by atoms with Gasteiger partial charge in [0.2, 0.25) is 6.79 Å². The molecule has 1 aromatic carbocycles. The Morgan fingerprint density at radius 3 is 2.61 bits per heavy atom. The van der Waals surface area contributed by atoms with Gasteiger partial charge in [0, 0.05) is 24.8 Å². The first-order chi connectivity index (χ1) is 8.66. The zero-order valence-electron chi connectivity index (χ0n) is 10.3. The van der Waals surface area contributed by atoms with Crippen molar-refractivity contribution in [1.82, 2.24) is 4.90 Å². The Morgan fingerprint density at radius 1 is 1.33 bits per heavy atom. The van der Waals surface area contributed by atoms with Crippen molar-refractivity contribution < 1.29 is 14.3 Å². The number of carbonyl (C=O) groups excluding carboxylic acids is 1. The first-order valence-corrected chi connectivity index (χ1v) is 6.13. The topological polar surface area (TPSA) is 64.8 Å². The number of carbonyl (C=O) groups is 1. The van der Waals surface area contributed by atoms with Crippen LogP contribution in [0, 0.1) is 0 Å². The molecule has 0 bridgehead atoms. The van der Waals surface area contributed by atoms with Crippen molar-refractivity contribution in [3.05, 3.63) is 17.7 Å². The van der Waals surface area contributed by atoms with E-state index in [1.54, 1.807) is 17.0 Å². The van der Waals surface area contributed by atoms with Gasteiger partial charge in [-0.2, -0.15) is 0 Å². The molecule has 1 heterocycles. The van der Waals surface area contributed by atoms with Crippen LogP contribution < -0.4 is 15.2 Å². The molecular weight excluding hydrogens is 232 g/mol. The van der Waals surface area contributed by atoms with Crippen molar-refractivity contribution in [2.45, 2.75) is 25.3 Å². The molecule has 5 heteroatoms. The molecule has 18 heavy (non-hydrogen) atoms. The van der Waals surface area contributed by atoms with E-state index in [0.29, 0.717) is 28.8 Å². The van der Waals surface area contributed by atoms with Crippen molar-refractivity contribution in [3.8, 4) is 11.5 Å². The third-order valence-corrected chi connectivity index (χ3v) is 3.72. The number of ether oxygens (including phenoxy) is 2. The third kappa shape index (κ3) is 1.66.